The fourth-order valence-electron chi connectivity index (χ4n) is 7.60. The van der Waals surface area contributed by atoms with Crippen molar-refractivity contribution in [3.63, 3.8) is 0 Å². The van der Waals surface area contributed by atoms with E-state index in [0.717, 1.165) is 37.7 Å². The van der Waals surface area contributed by atoms with E-state index in [1.165, 1.54) is 5.57 Å². The number of allylic oxidation sites excluding steroid dienone is 3. The van der Waals surface area contributed by atoms with Gasteiger partial charge in [-0.25, -0.2) is 4.58 Å². The highest BCUT2D eigenvalue weighted by Gasteiger charge is 2.78. The number of hydrogen-bond acceptors (Lipinski definition) is 6. The number of carbonyl (C=O) groups is 2. The number of aliphatic carboxylic acids is 1. The Morgan fingerprint density at radius 2 is 1.94 bits per heavy atom. The second-order valence-electron chi connectivity index (χ2n) is 12.2. The minimum absolute atomic E-state index is 0.0502. The Kier molecular flexibility index (Phi) is 5.38. The van der Waals surface area contributed by atoms with Crippen LogP contribution in [0.4, 0.5) is 0 Å². The Hall–Kier alpha value is -1.74. The minimum Gasteiger partial charge on any atom is -0.481 e. The van der Waals surface area contributed by atoms with Crippen LogP contribution in [0.3, 0.4) is 0 Å². The monoisotopic (exact) mass is 488 g/mol. The molecular formula is C26H36O7Si. The van der Waals surface area contributed by atoms with Crippen molar-refractivity contribution in [1.82, 2.24) is 0 Å². The van der Waals surface area contributed by atoms with Gasteiger partial charge >= 0.3 is 5.97 Å². The lowest BCUT2D eigenvalue weighted by Gasteiger charge is -2.54. The summed E-state index contributed by atoms with van der Waals surface area (Å²) in [5.41, 5.74) is 1.34. The molecule has 1 unspecified atom stereocenters. The molecule has 7 nitrogen and oxygen atoms in total. The zero-order valence-corrected chi connectivity index (χ0v) is 21.7. The van der Waals surface area contributed by atoms with Crippen molar-refractivity contribution in [3.05, 3.63) is 35.1 Å². The number of epoxide rings is 1. The van der Waals surface area contributed by atoms with E-state index in [1.54, 1.807) is 12.2 Å². The molecule has 0 bridgehead atoms. The maximum absolute atomic E-state index is 12.1. The van der Waals surface area contributed by atoms with Crippen molar-refractivity contribution < 1.29 is 34.0 Å². The van der Waals surface area contributed by atoms with Crippen molar-refractivity contribution in [1.29, 1.82) is 0 Å². The lowest BCUT2D eigenvalue weighted by atomic mass is 9.48. The van der Waals surface area contributed by atoms with E-state index in [1.807, 2.05) is 19.6 Å². The number of aliphatic hydroxyl groups excluding tert-OH is 1. The minimum atomic E-state index is -2.08. The van der Waals surface area contributed by atoms with Crippen LogP contribution in [0, 0.1) is 22.7 Å². The van der Waals surface area contributed by atoms with E-state index in [9.17, 15) is 19.8 Å². The highest BCUT2D eigenvalue weighted by molar-refractivity contribution is 6.69. The number of aliphatic hydroxyl groups is 1. The van der Waals surface area contributed by atoms with Crippen LogP contribution >= 0.6 is 0 Å². The van der Waals surface area contributed by atoms with Crippen molar-refractivity contribution in [2.45, 2.75) is 89.8 Å². The predicted molar refractivity (Wildman–Crippen MR) is 127 cm³/mol. The van der Waals surface area contributed by atoms with E-state index in [4.69, 9.17) is 14.2 Å². The summed E-state index contributed by atoms with van der Waals surface area (Å²) in [5.74, 6) is -0.0810. The Morgan fingerprint density at radius 1 is 1.24 bits per heavy atom. The number of fused-ring (bicyclic) bond motifs is 3. The predicted octanol–water partition coefficient (Wildman–Crippen LogP) is 4.30. The number of carboxylic acids is 1. The third-order valence-electron chi connectivity index (χ3n) is 9.07. The molecule has 7 atom stereocenters. The molecule has 34 heavy (non-hydrogen) atoms. The van der Waals surface area contributed by atoms with Gasteiger partial charge in [0, 0.05) is 5.41 Å². The number of ketones is 1. The van der Waals surface area contributed by atoms with Gasteiger partial charge < -0.3 is 19.8 Å². The molecule has 0 amide bonds. The number of hydrogen-bond donors (Lipinski definition) is 2. The van der Waals surface area contributed by atoms with Crippen molar-refractivity contribution in [2.75, 3.05) is 0 Å². The topological polar surface area (TPSA) is 106 Å². The van der Waals surface area contributed by atoms with Crippen molar-refractivity contribution in [2.24, 2.45) is 22.7 Å². The van der Waals surface area contributed by atoms with E-state index >= 15 is 0 Å². The van der Waals surface area contributed by atoms with Gasteiger partial charge in [0.1, 0.15) is 11.7 Å². The zero-order valence-electron chi connectivity index (χ0n) is 20.7. The van der Waals surface area contributed by atoms with Crippen molar-refractivity contribution >= 4 is 20.1 Å². The van der Waals surface area contributed by atoms with Crippen LogP contribution in [0.1, 0.15) is 52.4 Å². The van der Waals surface area contributed by atoms with Gasteiger partial charge in [-0.05, 0) is 93.6 Å². The third-order valence-corrected chi connectivity index (χ3v) is 9.65. The second kappa shape index (κ2) is 7.63. The first-order valence-corrected chi connectivity index (χ1v) is 15.8. The molecule has 0 aromatic carbocycles. The number of ether oxygens (including phenoxy) is 1. The van der Waals surface area contributed by atoms with Gasteiger partial charge in [-0.2, -0.15) is 0 Å². The number of carboxylic acid groups (broad SMARTS) is 1. The highest BCUT2D eigenvalue weighted by Crippen LogP contribution is 2.75. The molecule has 4 aliphatic carbocycles. The van der Waals surface area contributed by atoms with Gasteiger partial charge in [-0.15, -0.1) is 0 Å². The lowest BCUT2D eigenvalue weighted by molar-refractivity contribution is -0.195. The Balaban J connectivity index is 1.52. The largest absolute Gasteiger partial charge is 0.481 e. The van der Waals surface area contributed by atoms with Crippen LogP contribution in [0.2, 0.25) is 19.6 Å². The van der Waals surface area contributed by atoms with Gasteiger partial charge in [0.05, 0.1) is 12.5 Å². The summed E-state index contributed by atoms with van der Waals surface area (Å²) in [6.07, 6.45) is 8.25. The van der Waals surface area contributed by atoms with Gasteiger partial charge in [0.2, 0.25) is 8.32 Å². The molecule has 186 valence electrons. The second-order valence-corrected chi connectivity index (χ2v) is 16.5. The molecule has 1 heterocycles. The fourth-order valence-corrected chi connectivity index (χ4v) is 7.94. The molecule has 1 aliphatic heterocycles. The van der Waals surface area contributed by atoms with Crippen LogP contribution < -0.4 is 0 Å². The first-order valence-electron chi connectivity index (χ1n) is 12.4. The number of carbonyl (C=O) groups excluding carboxylic acids is 1. The van der Waals surface area contributed by atoms with Crippen LogP contribution in [0.25, 0.3) is 0 Å². The summed E-state index contributed by atoms with van der Waals surface area (Å²) in [5, 5.41) is 20.2. The quantitative estimate of drug-likeness (QED) is 0.189. The van der Waals surface area contributed by atoms with Gasteiger partial charge in [-0.3, -0.25) is 9.59 Å². The standard InChI is InChI=1S/C26H36O7Si/c1-24-14-21-26(31-21)18(7-6-15-12-16(27)10-11-25(15,26)2)17(24)8-9-19(24)23(20(28)13-22(29)30)32-33-34(3,4)5/h10-12,17-18,20-21,28H,6-9,13-14H2,1-5H3,(H,29,30)/t17-,18-,20?,21-,24-,25-,26+/m0/s1. The zero-order chi connectivity index (χ0) is 24.7. The van der Waals surface area contributed by atoms with Gasteiger partial charge in [0.15, 0.2) is 11.5 Å². The first-order chi connectivity index (χ1) is 15.8. The number of rotatable bonds is 6. The molecule has 2 N–H and O–H groups in total. The molecule has 8 heteroatoms. The van der Waals surface area contributed by atoms with Crippen LogP contribution in [-0.2, 0) is 23.8 Å². The highest BCUT2D eigenvalue weighted by atomic mass is 28.4. The van der Waals surface area contributed by atoms with Gasteiger partial charge in [-0.1, -0.05) is 18.6 Å². The molecule has 0 radical (unpaired) electrons. The molecule has 0 aromatic heterocycles. The summed E-state index contributed by atoms with van der Waals surface area (Å²) in [7, 11) is -2.08. The normalized spacial score (nSPS) is 42.6. The maximum Gasteiger partial charge on any atom is 0.306 e. The average molecular weight is 489 g/mol. The molecule has 0 aromatic rings. The Bertz CT molecular complexity index is 1020. The summed E-state index contributed by atoms with van der Waals surface area (Å²) >= 11 is 0. The summed E-state index contributed by atoms with van der Waals surface area (Å²) in [6.45, 7) is 10.4. The molecule has 1 saturated heterocycles. The SMILES string of the molecule is C[C@]12C=CC(=O)C=C1CC[C@H]1[C@@H]3CCC(=C(OO[Si](C)(C)C)C(O)CC(=O)O)[C@@]3(C)C[C@@H]3O[C@@]312. The summed E-state index contributed by atoms with van der Waals surface area (Å²) < 4.78 is 12.3. The van der Waals surface area contributed by atoms with Crippen molar-refractivity contribution in [3.8, 4) is 0 Å². The molecule has 3 saturated carbocycles. The van der Waals surface area contributed by atoms with E-state index in [2.05, 4.69) is 19.9 Å². The van der Waals surface area contributed by atoms with E-state index in [-0.39, 0.29) is 34.1 Å². The summed E-state index contributed by atoms with van der Waals surface area (Å²) in [4.78, 5) is 29.3. The fraction of sp³-hybridized carbons (Fsp3) is 0.692. The molecule has 5 aliphatic rings. The molecule has 4 fully saturated rings. The van der Waals surface area contributed by atoms with Crippen LogP contribution in [0.5, 0.6) is 0 Å². The Morgan fingerprint density at radius 3 is 2.62 bits per heavy atom. The van der Waals surface area contributed by atoms with Crippen LogP contribution in [0.15, 0.2) is 35.1 Å². The Labute approximate surface area is 201 Å². The maximum atomic E-state index is 12.1. The van der Waals surface area contributed by atoms with Crippen LogP contribution in [-0.4, -0.2) is 48.1 Å². The molecule has 5 rings (SSSR count). The first kappa shape index (κ1) is 24.0. The molecule has 1 spiro atoms. The summed E-state index contributed by atoms with van der Waals surface area (Å²) in [6, 6.07) is 0. The third kappa shape index (κ3) is 3.40. The lowest BCUT2D eigenvalue weighted by Crippen LogP contribution is -2.56. The average Bonchev–Trinajstić information content (AvgIpc) is 3.34. The molecular weight excluding hydrogens is 452 g/mol. The van der Waals surface area contributed by atoms with E-state index < -0.39 is 26.8 Å². The van der Waals surface area contributed by atoms with E-state index in [0.29, 0.717) is 11.8 Å². The smallest absolute Gasteiger partial charge is 0.306 e. The van der Waals surface area contributed by atoms with Gasteiger partial charge in [0.25, 0.3) is 0 Å².